The van der Waals surface area contributed by atoms with E-state index < -0.39 is 10.0 Å². The Morgan fingerprint density at radius 3 is 2.55 bits per heavy atom. The Kier molecular flexibility index (Phi) is 5.24. The molecule has 1 heterocycles. The summed E-state index contributed by atoms with van der Waals surface area (Å²) >= 11 is 0. The Bertz CT molecular complexity index is 639. The van der Waals surface area contributed by atoms with Crippen LogP contribution in [0, 0.1) is 0 Å². The Balaban J connectivity index is 2.32. The van der Waals surface area contributed by atoms with Crippen LogP contribution in [0.5, 0.6) is 0 Å². The molecule has 1 aliphatic rings. The second-order valence-corrected chi connectivity index (χ2v) is 7.54. The third-order valence-corrected chi connectivity index (χ3v) is 6.28. The van der Waals surface area contributed by atoms with E-state index in [0.29, 0.717) is 18.7 Å². The third kappa shape index (κ3) is 3.17. The average Bonchev–Trinajstić information content (AvgIpc) is 2.93. The van der Waals surface area contributed by atoms with Crippen molar-refractivity contribution in [2.24, 2.45) is 0 Å². The van der Waals surface area contributed by atoms with Crippen LogP contribution in [0.2, 0.25) is 0 Å². The van der Waals surface area contributed by atoms with Gasteiger partial charge < -0.3 is 4.90 Å². The summed E-state index contributed by atoms with van der Waals surface area (Å²) in [6, 6.07) is 6.60. The van der Waals surface area contributed by atoms with Crippen molar-refractivity contribution >= 4 is 15.9 Å². The zero-order valence-electron chi connectivity index (χ0n) is 13.4. The van der Waals surface area contributed by atoms with E-state index in [1.165, 1.54) is 10.4 Å². The van der Waals surface area contributed by atoms with Crippen molar-refractivity contribution < 1.29 is 13.2 Å². The number of hydrogen-bond donors (Lipinski definition) is 0. The normalized spacial score (nSPS) is 18.9. The highest BCUT2D eigenvalue weighted by Crippen LogP contribution is 2.22. The maximum absolute atomic E-state index is 12.6. The molecule has 2 rings (SSSR count). The minimum Gasteiger partial charge on any atom is -0.336 e. The highest BCUT2D eigenvalue weighted by atomic mass is 32.2. The zero-order chi connectivity index (χ0) is 16.3. The van der Waals surface area contributed by atoms with E-state index in [4.69, 9.17) is 0 Å². The van der Waals surface area contributed by atoms with Crippen molar-refractivity contribution in [3.05, 3.63) is 29.8 Å². The van der Waals surface area contributed by atoms with Gasteiger partial charge in [0.25, 0.3) is 5.91 Å². The summed E-state index contributed by atoms with van der Waals surface area (Å²) in [6.07, 6.45) is 2.01. The summed E-state index contributed by atoms with van der Waals surface area (Å²) in [5, 5.41) is 0. The SMILES string of the molecule is CCN(CC)S(=O)(=O)c1cccc(C(=O)N2CCC[C@@H]2C)c1. The summed E-state index contributed by atoms with van der Waals surface area (Å²) in [5.74, 6) is -0.0819. The van der Waals surface area contributed by atoms with Crippen molar-refractivity contribution in [2.45, 2.75) is 44.6 Å². The molecule has 0 aromatic heterocycles. The van der Waals surface area contributed by atoms with E-state index in [-0.39, 0.29) is 16.8 Å². The van der Waals surface area contributed by atoms with E-state index in [1.807, 2.05) is 25.7 Å². The van der Waals surface area contributed by atoms with Crippen LogP contribution in [0.15, 0.2) is 29.2 Å². The third-order valence-electron chi connectivity index (χ3n) is 4.24. The highest BCUT2D eigenvalue weighted by molar-refractivity contribution is 7.89. The minimum absolute atomic E-state index is 0.0819. The highest BCUT2D eigenvalue weighted by Gasteiger charge is 2.27. The molecule has 0 bridgehead atoms. The molecule has 0 unspecified atom stereocenters. The molecule has 22 heavy (non-hydrogen) atoms. The van der Waals surface area contributed by atoms with Crippen LogP contribution < -0.4 is 0 Å². The first-order valence-corrected chi connectivity index (χ1v) is 9.27. The fourth-order valence-corrected chi connectivity index (χ4v) is 4.41. The second-order valence-electron chi connectivity index (χ2n) is 5.61. The van der Waals surface area contributed by atoms with Gasteiger partial charge in [0, 0.05) is 31.2 Å². The van der Waals surface area contributed by atoms with Gasteiger partial charge in [-0.1, -0.05) is 19.9 Å². The molecule has 1 aliphatic heterocycles. The van der Waals surface area contributed by atoms with E-state index in [9.17, 15) is 13.2 Å². The molecule has 0 saturated carbocycles. The molecule has 1 fully saturated rings. The van der Waals surface area contributed by atoms with E-state index in [2.05, 4.69) is 0 Å². The molecule has 1 saturated heterocycles. The summed E-state index contributed by atoms with van der Waals surface area (Å²) in [7, 11) is -3.53. The second kappa shape index (κ2) is 6.79. The first-order valence-electron chi connectivity index (χ1n) is 7.83. The van der Waals surface area contributed by atoms with Crippen molar-refractivity contribution in [1.82, 2.24) is 9.21 Å². The first kappa shape index (κ1) is 17.0. The van der Waals surface area contributed by atoms with Crippen molar-refractivity contribution in [1.29, 1.82) is 0 Å². The smallest absolute Gasteiger partial charge is 0.254 e. The number of carbonyl (C=O) groups excluding carboxylic acids is 1. The standard InChI is InChI=1S/C16H24N2O3S/c1-4-17(5-2)22(20,21)15-10-6-9-14(12-15)16(19)18-11-7-8-13(18)3/h6,9-10,12-13H,4-5,7-8,11H2,1-3H3/t13-/m0/s1. The molecule has 1 aromatic carbocycles. The number of likely N-dealkylation sites (tertiary alicyclic amines) is 1. The van der Waals surface area contributed by atoms with Gasteiger partial charge in [-0.25, -0.2) is 8.42 Å². The van der Waals surface area contributed by atoms with Crippen LogP contribution in [0.3, 0.4) is 0 Å². The van der Waals surface area contributed by atoms with Crippen molar-refractivity contribution in [3.8, 4) is 0 Å². The molecule has 0 aliphatic carbocycles. The fraction of sp³-hybridized carbons (Fsp3) is 0.562. The van der Waals surface area contributed by atoms with Crippen molar-refractivity contribution in [3.63, 3.8) is 0 Å². The van der Waals surface area contributed by atoms with Gasteiger partial charge in [0.2, 0.25) is 10.0 Å². The number of benzene rings is 1. The molecular formula is C16H24N2O3S. The number of carbonyl (C=O) groups is 1. The van der Waals surface area contributed by atoms with Gasteiger partial charge in [0.15, 0.2) is 0 Å². The molecule has 122 valence electrons. The lowest BCUT2D eigenvalue weighted by atomic mass is 10.2. The fourth-order valence-electron chi connectivity index (χ4n) is 2.90. The average molecular weight is 324 g/mol. The van der Waals surface area contributed by atoms with Crippen molar-refractivity contribution in [2.75, 3.05) is 19.6 Å². The van der Waals surface area contributed by atoms with Crippen LogP contribution in [-0.4, -0.2) is 49.2 Å². The summed E-state index contributed by atoms with van der Waals surface area (Å²) < 4.78 is 26.5. The largest absolute Gasteiger partial charge is 0.336 e. The molecule has 0 radical (unpaired) electrons. The monoisotopic (exact) mass is 324 g/mol. The van der Waals surface area contributed by atoms with Crippen LogP contribution >= 0.6 is 0 Å². The molecule has 1 atom stereocenters. The molecule has 6 heteroatoms. The molecule has 1 aromatic rings. The molecule has 0 N–H and O–H groups in total. The van der Waals surface area contributed by atoms with Crippen LogP contribution in [0.1, 0.15) is 44.0 Å². The minimum atomic E-state index is -3.53. The van der Waals surface area contributed by atoms with E-state index >= 15 is 0 Å². The lowest BCUT2D eigenvalue weighted by Gasteiger charge is -2.22. The lowest BCUT2D eigenvalue weighted by molar-refractivity contribution is 0.0747. The quantitative estimate of drug-likeness (QED) is 0.835. The van der Waals surface area contributed by atoms with Gasteiger partial charge in [0.1, 0.15) is 0 Å². The maximum atomic E-state index is 12.6. The Morgan fingerprint density at radius 1 is 1.32 bits per heavy atom. The molecule has 5 nitrogen and oxygen atoms in total. The predicted molar refractivity (Wildman–Crippen MR) is 86.3 cm³/mol. The van der Waals surface area contributed by atoms with E-state index in [1.54, 1.807) is 18.2 Å². The molecule has 0 spiro atoms. The summed E-state index contributed by atoms with van der Waals surface area (Å²) in [6.45, 7) is 7.22. The Labute approximate surface area is 133 Å². The lowest BCUT2D eigenvalue weighted by Crippen LogP contribution is -2.34. The number of nitrogens with zero attached hydrogens (tertiary/aromatic N) is 2. The molecular weight excluding hydrogens is 300 g/mol. The summed E-state index contributed by atoms with van der Waals surface area (Å²) in [5.41, 5.74) is 0.446. The van der Waals surface area contributed by atoms with Gasteiger partial charge in [-0.05, 0) is 38.0 Å². The number of hydrogen-bond acceptors (Lipinski definition) is 3. The number of sulfonamides is 1. The van der Waals surface area contributed by atoms with E-state index in [0.717, 1.165) is 19.4 Å². The Morgan fingerprint density at radius 2 is 2.00 bits per heavy atom. The van der Waals surface area contributed by atoms with Gasteiger partial charge >= 0.3 is 0 Å². The van der Waals surface area contributed by atoms with Gasteiger partial charge in [-0.2, -0.15) is 4.31 Å². The summed E-state index contributed by atoms with van der Waals surface area (Å²) in [4.78, 5) is 14.6. The van der Waals surface area contributed by atoms with Crippen LogP contribution in [0.25, 0.3) is 0 Å². The zero-order valence-corrected chi connectivity index (χ0v) is 14.3. The van der Waals surface area contributed by atoms with Gasteiger partial charge in [-0.3, -0.25) is 4.79 Å². The van der Waals surface area contributed by atoms with Gasteiger partial charge in [-0.15, -0.1) is 0 Å². The first-order chi connectivity index (χ1) is 10.4. The van der Waals surface area contributed by atoms with Gasteiger partial charge in [0.05, 0.1) is 4.90 Å². The predicted octanol–water partition coefficient (Wildman–Crippen LogP) is 2.34. The Hall–Kier alpha value is -1.40. The van der Waals surface area contributed by atoms with Crippen LogP contribution in [-0.2, 0) is 10.0 Å². The number of rotatable bonds is 5. The topological polar surface area (TPSA) is 57.7 Å². The molecule has 1 amide bonds. The van der Waals surface area contributed by atoms with Crippen LogP contribution in [0.4, 0.5) is 0 Å². The maximum Gasteiger partial charge on any atom is 0.254 e. The number of amides is 1.